The third-order valence-electron chi connectivity index (χ3n) is 5.28. The molecule has 1 saturated heterocycles. The van der Waals surface area contributed by atoms with Crippen LogP contribution in [0.2, 0.25) is 0 Å². The van der Waals surface area contributed by atoms with Gasteiger partial charge in [-0.05, 0) is 38.8 Å². The molecular formula is C18H27ClN6OS. The molecule has 3 heterocycles. The van der Waals surface area contributed by atoms with Gasteiger partial charge in [0.25, 0.3) is 0 Å². The van der Waals surface area contributed by atoms with E-state index in [4.69, 9.17) is 4.52 Å². The molecule has 0 amide bonds. The van der Waals surface area contributed by atoms with Crippen LogP contribution in [0.4, 0.5) is 0 Å². The van der Waals surface area contributed by atoms with Gasteiger partial charge >= 0.3 is 0 Å². The molecule has 1 N–H and O–H groups in total. The molecule has 2 aliphatic rings. The minimum absolute atomic E-state index is 0. The number of aromatic nitrogens is 5. The van der Waals surface area contributed by atoms with Gasteiger partial charge in [0.2, 0.25) is 5.89 Å². The second kappa shape index (κ2) is 9.71. The van der Waals surface area contributed by atoms with E-state index in [0.717, 1.165) is 55.2 Å². The van der Waals surface area contributed by atoms with Gasteiger partial charge in [0.1, 0.15) is 5.82 Å². The van der Waals surface area contributed by atoms with Gasteiger partial charge < -0.3 is 14.4 Å². The number of nitrogens with one attached hydrogen (secondary N) is 1. The van der Waals surface area contributed by atoms with Crippen molar-refractivity contribution in [2.75, 3.05) is 13.1 Å². The third-order valence-corrected chi connectivity index (χ3v) is 6.24. The summed E-state index contributed by atoms with van der Waals surface area (Å²) in [6, 6.07) is 0. The molecule has 2 aromatic rings. The molecule has 0 unspecified atom stereocenters. The standard InChI is InChI=1S/C18H26N6OS.ClH/c1-2-11-24-16(13-7-9-19-10-8-13)21-22-18(24)26-12-15-20-17(25-23-15)14-5-3-4-6-14;/h2,13-14,19H,1,3-12H2;1H. The summed E-state index contributed by atoms with van der Waals surface area (Å²) in [6.07, 6.45) is 8.99. The summed E-state index contributed by atoms with van der Waals surface area (Å²) in [5.74, 6) is 4.20. The van der Waals surface area contributed by atoms with Crippen molar-refractivity contribution in [3.63, 3.8) is 0 Å². The first kappa shape index (κ1) is 20.4. The monoisotopic (exact) mass is 410 g/mol. The number of allylic oxidation sites excluding steroid dienone is 1. The van der Waals surface area contributed by atoms with E-state index in [1.54, 1.807) is 11.8 Å². The molecule has 0 aromatic carbocycles. The van der Waals surface area contributed by atoms with Crippen molar-refractivity contribution in [3.05, 3.63) is 30.2 Å². The van der Waals surface area contributed by atoms with Crippen molar-refractivity contribution < 1.29 is 4.52 Å². The molecule has 2 aromatic heterocycles. The predicted octanol–water partition coefficient (Wildman–Crippen LogP) is 3.69. The molecule has 7 nitrogen and oxygen atoms in total. The molecule has 9 heteroatoms. The van der Waals surface area contributed by atoms with Crippen molar-refractivity contribution in [1.82, 2.24) is 30.2 Å². The van der Waals surface area contributed by atoms with E-state index in [0.29, 0.717) is 17.6 Å². The normalized spacial score (nSPS) is 18.5. The number of nitrogens with zero attached hydrogens (tertiary/aromatic N) is 5. The minimum Gasteiger partial charge on any atom is -0.339 e. The van der Waals surface area contributed by atoms with Gasteiger partial charge in [-0.2, -0.15) is 4.98 Å². The quantitative estimate of drug-likeness (QED) is 0.550. The van der Waals surface area contributed by atoms with Crippen molar-refractivity contribution in [2.24, 2.45) is 0 Å². The van der Waals surface area contributed by atoms with Crippen molar-refractivity contribution in [3.8, 4) is 0 Å². The zero-order valence-electron chi connectivity index (χ0n) is 15.5. The van der Waals surface area contributed by atoms with Crippen LogP contribution in [0.5, 0.6) is 0 Å². The Bertz CT molecular complexity index is 736. The largest absolute Gasteiger partial charge is 0.339 e. The molecular weight excluding hydrogens is 384 g/mol. The summed E-state index contributed by atoms with van der Waals surface area (Å²) >= 11 is 1.62. The average molecular weight is 411 g/mol. The van der Waals surface area contributed by atoms with Crippen LogP contribution in [0.3, 0.4) is 0 Å². The van der Waals surface area contributed by atoms with E-state index in [1.807, 2.05) is 6.08 Å². The van der Waals surface area contributed by atoms with Gasteiger partial charge in [-0.1, -0.05) is 35.8 Å². The van der Waals surface area contributed by atoms with E-state index >= 15 is 0 Å². The highest BCUT2D eigenvalue weighted by Gasteiger charge is 2.25. The fraction of sp³-hybridized carbons (Fsp3) is 0.667. The highest BCUT2D eigenvalue weighted by atomic mass is 35.5. The Labute approximate surface area is 170 Å². The summed E-state index contributed by atoms with van der Waals surface area (Å²) in [7, 11) is 0. The second-order valence-corrected chi connectivity index (χ2v) is 8.03. The Morgan fingerprint density at radius 2 is 1.93 bits per heavy atom. The Morgan fingerprint density at radius 1 is 1.15 bits per heavy atom. The number of thioether (sulfide) groups is 1. The van der Waals surface area contributed by atoms with Gasteiger partial charge in [0.05, 0.1) is 5.75 Å². The van der Waals surface area contributed by atoms with Crippen LogP contribution < -0.4 is 5.32 Å². The zero-order valence-corrected chi connectivity index (χ0v) is 17.1. The molecule has 0 radical (unpaired) electrons. The van der Waals surface area contributed by atoms with E-state index < -0.39 is 0 Å². The summed E-state index contributed by atoms with van der Waals surface area (Å²) < 4.78 is 7.66. The second-order valence-electron chi connectivity index (χ2n) is 7.08. The zero-order chi connectivity index (χ0) is 17.8. The highest BCUT2D eigenvalue weighted by molar-refractivity contribution is 7.98. The number of hydrogen-bond acceptors (Lipinski definition) is 7. The van der Waals surface area contributed by atoms with E-state index in [2.05, 4.69) is 36.8 Å². The molecule has 1 aliphatic heterocycles. The van der Waals surface area contributed by atoms with Crippen LogP contribution in [-0.4, -0.2) is 38.0 Å². The lowest BCUT2D eigenvalue weighted by atomic mass is 9.97. The van der Waals surface area contributed by atoms with Crippen LogP contribution in [0.1, 0.15) is 67.9 Å². The summed E-state index contributed by atoms with van der Waals surface area (Å²) in [5.41, 5.74) is 0. The molecule has 2 fully saturated rings. The first-order valence-electron chi connectivity index (χ1n) is 9.55. The molecule has 1 saturated carbocycles. The maximum Gasteiger partial charge on any atom is 0.229 e. The van der Waals surface area contributed by atoms with E-state index in [-0.39, 0.29) is 12.4 Å². The minimum atomic E-state index is 0. The molecule has 1 aliphatic carbocycles. The fourth-order valence-electron chi connectivity index (χ4n) is 3.88. The summed E-state index contributed by atoms with van der Waals surface area (Å²) in [5, 5.41) is 17.4. The van der Waals surface area contributed by atoms with Crippen molar-refractivity contribution in [2.45, 2.75) is 67.8 Å². The average Bonchev–Trinajstić information content (AvgIpc) is 3.42. The molecule has 27 heavy (non-hydrogen) atoms. The summed E-state index contributed by atoms with van der Waals surface area (Å²) in [4.78, 5) is 4.60. The first-order valence-corrected chi connectivity index (χ1v) is 10.5. The first-order chi connectivity index (χ1) is 12.8. The van der Waals surface area contributed by atoms with Gasteiger partial charge in [-0.15, -0.1) is 29.2 Å². The lowest BCUT2D eigenvalue weighted by molar-refractivity contribution is 0.351. The SMILES string of the molecule is C=CCn1c(SCc2noc(C3CCCC3)n2)nnc1C1CCNCC1.Cl. The summed E-state index contributed by atoms with van der Waals surface area (Å²) in [6.45, 7) is 6.71. The van der Waals surface area contributed by atoms with Gasteiger partial charge in [0.15, 0.2) is 11.0 Å². The van der Waals surface area contributed by atoms with Crippen LogP contribution in [0.15, 0.2) is 22.3 Å². The Hall–Kier alpha value is -1.38. The van der Waals surface area contributed by atoms with Crippen molar-refractivity contribution in [1.29, 1.82) is 0 Å². The fourth-order valence-corrected chi connectivity index (χ4v) is 4.68. The van der Waals surface area contributed by atoms with Crippen LogP contribution in [0.25, 0.3) is 0 Å². The van der Waals surface area contributed by atoms with Gasteiger partial charge in [-0.25, -0.2) is 0 Å². The topological polar surface area (TPSA) is 81.7 Å². The maximum absolute atomic E-state index is 5.47. The van der Waals surface area contributed by atoms with Crippen molar-refractivity contribution >= 4 is 24.2 Å². The van der Waals surface area contributed by atoms with E-state index in [9.17, 15) is 0 Å². The lowest BCUT2D eigenvalue weighted by Gasteiger charge is -2.22. The number of hydrogen-bond donors (Lipinski definition) is 1. The van der Waals surface area contributed by atoms with Crippen LogP contribution >= 0.6 is 24.2 Å². The number of halogens is 1. The Morgan fingerprint density at radius 3 is 2.67 bits per heavy atom. The molecule has 0 atom stereocenters. The molecule has 0 spiro atoms. The van der Waals surface area contributed by atoms with E-state index in [1.165, 1.54) is 25.7 Å². The number of rotatable bonds is 7. The lowest BCUT2D eigenvalue weighted by Crippen LogP contribution is -2.28. The number of piperidine rings is 1. The van der Waals surface area contributed by atoms with Crippen LogP contribution in [-0.2, 0) is 12.3 Å². The Kier molecular flexibility index (Phi) is 7.32. The molecule has 4 rings (SSSR count). The highest BCUT2D eigenvalue weighted by Crippen LogP contribution is 2.33. The maximum atomic E-state index is 5.47. The predicted molar refractivity (Wildman–Crippen MR) is 107 cm³/mol. The third kappa shape index (κ3) is 4.73. The van der Waals surface area contributed by atoms with Gasteiger partial charge in [0, 0.05) is 18.4 Å². The molecule has 148 valence electrons. The smallest absolute Gasteiger partial charge is 0.229 e. The van der Waals surface area contributed by atoms with Gasteiger partial charge in [-0.3, -0.25) is 0 Å². The molecule has 0 bridgehead atoms. The Balaban J connectivity index is 0.00000210. The van der Waals surface area contributed by atoms with Crippen LogP contribution in [0, 0.1) is 0 Å².